The van der Waals surface area contributed by atoms with Crippen LogP contribution in [0.2, 0.25) is 0 Å². The summed E-state index contributed by atoms with van der Waals surface area (Å²) < 4.78 is 10.4. The highest BCUT2D eigenvalue weighted by molar-refractivity contribution is 5.68. The number of benzene rings is 1. The Morgan fingerprint density at radius 3 is 2.64 bits per heavy atom. The average molecular weight is 305 g/mol. The minimum atomic E-state index is -0.499. The van der Waals surface area contributed by atoms with Gasteiger partial charge in [-0.25, -0.2) is 4.79 Å². The summed E-state index contributed by atoms with van der Waals surface area (Å²) in [6, 6.07) is 7.41. The van der Waals surface area contributed by atoms with Crippen LogP contribution in [0, 0.1) is 11.3 Å². The summed E-state index contributed by atoms with van der Waals surface area (Å²) >= 11 is 0. The van der Waals surface area contributed by atoms with Crippen molar-refractivity contribution in [2.75, 3.05) is 25.5 Å². The Bertz CT molecular complexity index is 545. The standard InChI is InChI=1S/C16H23N3O3/c1-16(2,3)22-15(20)19-10-6-9-18-14-12(11-17)7-5-8-13(14)21-4/h5,7-8,18H,6,9-10H2,1-4H3,(H,19,20). The number of nitrogens with one attached hydrogen (secondary N) is 2. The Morgan fingerprint density at radius 2 is 2.05 bits per heavy atom. The molecule has 0 radical (unpaired) electrons. The van der Waals surface area contributed by atoms with Gasteiger partial charge in [0.15, 0.2) is 0 Å². The van der Waals surface area contributed by atoms with Gasteiger partial charge in [0.2, 0.25) is 0 Å². The van der Waals surface area contributed by atoms with Gasteiger partial charge >= 0.3 is 6.09 Å². The lowest BCUT2D eigenvalue weighted by Crippen LogP contribution is -2.33. The molecule has 0 saturated carbocycles. The summed E-state index contributed by atoms with van der Waals surface area (Å²) in [7, 11) is 1.56. The maximum absolute atomic E-state index is 11.5. The summed E-state index contributed by atoms with van der Waals surface area (Å²) in [6.07, 6.45) is 0.268. The maximum atomic E-state index is 11.5. The van der Waals surface area contributed by atoms with Crippen LogP contribution in [0.15, 0.2) is 18.2 Å². The van der Waals surface area contributed by atoms with Gasteiger partial charge in [-0.1, -0.05) is 6.07 Å². The molecular formula is C16H23N3O3. The highest BCUT2D eigenvalue weighted by Crippen LogP contribution is 2.27. The number of ether oxygens (including phenoxy) is 2. The van der Waals surface area contributed by atoms with Crippen molar-refractivity contribution in [2.45, 2.75) is 32.8 Å². The molecule has 1 aromatic rings. The molecule has 0 aliphatic heterocycles. The van der Waals surface area contributed by atoms with E-state index in [-0.39, 0.29) is 0 Å². The third-order valence-corrected chi connectivity index (χ3v) is 2.69. The van der Waals surface area contributed by atoms with E-state index in [0.29, 0.717) is 36.5 Å². The number of nitrogens with zero attached hydrogens (tertiary/aromatic N) is 1. The fourth-order valence-electron chi connectivity index (χ4n) is 1.78. The first-order valence-electron chi connectivity index (χ1n) is 7.15. The van der Waals surface area contributed by atoms with E-state index in [9.17, 15) is 4.79 Å². The second kappa shape index (κ2) is 8.13. The lowest BCUT2D eigenvalue weighted by Gasteiger charge is -2.19. The molecule has 0 fully saturated rings. The minimum absolute atomic E-state index is 0.428. The van der Waals surface area contributed by atoms with Gasteiger partial charge in [0.25, 0.3) is 0 Å². The smallest absolute Gasteiger partial charge is 0.407 e. The Balaban J connectivity index is 2.40. The zero-order valence-corrected chi connectivity index (χ0v) is 13.5. The molecular weight excluding hydrogens is 282 g/mol. The van der Waals surface area contributed by atoms with E-state index in [0.717, 1.165) is 0 Å². The van der Waals surface area contributed by atoms with Crippen LogP contribution in [-0.4, -0.2) is 31.9 Å². The third-order valence-electron chi connectivity index (χ3n) is 2.69. The predicted octanol–water partition coefficient (Wildman–Crippen LogP) is 2.89. The van der Waals surface area contributed by atoms with Crippen LogP contribution in [0.25, 0.3) is 0 Å². The largest absolute Gasteiger partial charge is 0.495 e. The topological polar surface area (TPSA) is 83.4 Å². The number of hydrogen-bond acceptors (Lipinski definition) is 5. The van der Waals surface area contributed by atoms with Gasteiger partial charge < -0.3 is 20.1 Å². The molecule has 22 heavy (non-hydrogen) atoms. The van der Waals surface area contributed by atoms with E-state index in [4.69, 9.17) is 14.7 Å². The summed E-state index contributed by atoms with van der Waals surface area (Å²) in [6.45, 7) is 6.54. The number of methoxy groups -OCH3 is 1. The van der Waals surface area contributed by atoms with Crippen molar-refractivity contribution in [2.24, 2.45) is 0 Å². The van der Waals surface area contributed by atoms with E-state index in [1.165, 1.54) is 0 Å². The molecule has 0 aromatic heterocycles. The first-order chi connectivity index (χ1) is 10.4. The number of carbonyl (C=O) groups excluding carboxylic acids is 1. The second-order valence-electron chi connectivity index (χ2n) is 5.70. The number of anilines is 1. The first-order valence-corrected chi connectivity index (χ1v) is 7.15. The molecule has 0 bridgehead atoms. The van der Waals surface area contributed by atoms with Crippen LogP contribution >= 0.6 is 0 Å². The van der Waals surface area contributed by atoms with Gasteiger partial charge in [0.05, 0.1) is 18.4 Å². The van der Waals surface area contributed by atoms with Crippen molar-refractivity contribution in [1.29, 1.82) is 5.26 Å². The number of carbonyl (C=O) groups is 1. The monoisotopic (exact) mass is 305 g/mol. The van der Waals surface area contributed by atoms with E-state index in [2.05, 4.69) is 16.7 Å². The molecule has 0 spiro atoms. The number of amides is 1. The molecule has 1 amide bonds. The minimum Gasteiger partial charge on any atom is -0.495 e. The molecule has 6 heteroatoms. The third kappa shape index (κ3) is 5.92. The average Bonchev–Trinajstić information content (AvgIpc) is 2.44. The summed E-state index contributed by atoms with van der Waals surface area (Å²) in [4.78, 5) is 11.5. The highest BCUT2D eigenvalue weighted by atomic mass is 16.6. The SMILES string of the molecule is COc1cccc(C#N)c1NCCCNC(=O)OC(C)(C)C. The summed E-state index contributed by atoms with van der Waals surface area (Å²) in [5.74, 6) is 0.624. The maximum Gasteiger partial charge on any atom is 0.407 e. The Morgan fingerprint density at radius 1 is 1.32 bits per heavy atom. The van der Waals surface area contributed by atoms with Gasteiger partial charge in [-0.2, -0.15) is 5.26 Å². The van der Waals surface area contributed by atoms with Crippen molar-refractivity contribution >= 4 is 11.8 Å². The molecule has 6 nitrogen and oxygen atoms in total. The zero-order chi connectivity index (χ0) is 16.6. The van der Waals surface area contributed by atoms with Gasteiger partial charge in [0, 0.05) is 13.1 Å². The predicted molar refractivity (Wildman–Crippen MR) is 85.1 cm³/mol. The van der Waals surface area contributed by atoms with Crippen molar-refractivity contribution in [1.82, 2.24) is 5.32 Å². The van der Waals surface area contributed by atoms with Gasteiger partial charge in [0.1, 0.15) is 17.4 Å². The number of hydrogen-bond donors (Lipinski definition) is 2. The molecule has 120 valence electrons. The van der Waals surface area contributed by atoms with Crippen LogP contribution in [0.4, 0.5) is 10.5 Å². The Kier molecular flexibility index (Phi) is 6.51. The number of para-hydroxylation sites is 1. The van der Waals surface area contributed by atoms with E-state index in [1.807, 2.05) is 20.8 Å². The lowest BCUT2D eigenvalue weighted by molar-refractivity contribution is 0.0528. The quantitative estimate of drug-likeness (QED) is 0.790. The highest BCUT2D eigenvalue weighted by Gasteiger charge is 2.15. The Hall–Kier alpha value is -2.42. The fourth-order valence-corrected chi connectivity index (χ4v) is 1.78. The van der Waals surface area contributed by atoms with E-state index < -0.39 is 11.7 Å². The van der Waals surface area contributed by atoms with Gasteiger partial charge in [-0.3, -0.25) is 0 Å². The normalized spacial score (nSPS) is 10.5. The molecule has 2 N–H and O–H groups in total. The van der Waals surface area contributed by atoms with Crippen LogP contribution in [0.5, 0.6) is 5.75 Å². The van der Waals surface area contributed by atoms with Crippen LogP contribution in [-0.2, 0) is 4.74 Å². The van der Waals surface area contributed by atoms with Crippen molar-refractivity contribution in [3.8, 4) is 11.8 Å². The molecule has 0 aliphatic carbocycles. The summed E-state index contributed by atoms with van der Waals surface area (Å²) in [5, 5.41) is 15.0. The van der Waals surface area contributed by atoms with Crippen LogP contribution < -0.4 is 15.4 Å². The van der Waals surface area contributed by atoms with E-state index >= 15 is 0 Å². The van der Waals surface area contributed by atoms with Gasteiger partial charge in [-0.05, 0) is 39.3 Å². The lowest BCUT2D eigenvalue weighted by atomic mass is 10.1. The fraction of sp³-hybridized carbons (Fsp3) is 0.500. The number of alkyl carbamates (subject to hydrolysis) is 1. The summed E-state index contributed by atoms with van der Waals surface area (Å²) in [5.41, 5.74) is 0.700. The van der Waals surface area contributed by atoms with Crippen LogP contribution in [0.1, 0.15) is 32.8 Å². The molecule has 0 aliphatic rings. The van der Waals surface area contributed by atoms with Crippen molar-refractivity contribution < 1.29 is 14.3 Å². The van der Waals surface area contributed by atoms with Crippen LogP contribution in [0.3, 0.4) is 0 Å². The van der Waals surface area contributed by atoms with E-state index in [1.54, 1.807) is 25.3 Å². The Labute approximate surface area is 131 Å². The molecule has 0 heterocycles. The molecule has 0 atom stereocenters. The van der Waals surface area contributed by atoms with Gasteiger partial charge in [-0.15, -0.1) is 0 Å². The number of nitriles is 1. The number of rotatable bonds is 6. The van der Waals surface area contributed by atoms with Crippen molar-refractivity contribution in [3.63, 3.8) is 0 Å². The molecule has 1 aromatic carbocycles. The first kappa shape index (κ1) is 17.6. The van der Waals surface area contributed by atoms with Crippen molar-refractivity contribution in [3.05, 3.63) is 23.8 Å². The second-order valence-corrected chi connectivity index (χ2v) is 5.70. The zero-order valence-electron chi connectivity index (χ0n) is 13.5. The molecule has 0 saturated heterocycles. The molecule has 1 rings (SSSR count). The molecule has 0 unspecified atom stereocenters.